The predicted molar refractivity (Wildman–Crippen MR) is 146 cm³/mol. The highest BCUT2D eigenvalue weighted by Crippen LogP contribution is 2.42. The van der Waals surface area contributed by atoms with Gasteiger partial charge in [-0.05, 0) is 47.9 Å². The van der Waals surface area contributed by atoms with Crippen molar-refractivity contribution < 1.29 is 28.2 Å². The van der Waals surface area contributed by atoms with Crippen LogP contribution >= 0.6 is 0 Å². The summed E-state index contributed by atoms with van der Waals surface area (Å²) in [7, 11) is 1.48. The van der Waals surface area contributed by atoms with Gasteiger partial charge in [0.15, 0.2) is 6.79 Å². The molecule has 8 nitrogen and oxygen atoms in total. The molecule has 3 N–H and O–H groups in total. The fourth-order valence-corrected chi connectivity index (χ4v) is 5.17. The highest BCUT2D eigenvalue weighted by Gasteiger charge is 2.34. The van der Waals surface area contributed by atoms with Gasteiger partial charge in [0.05, 0.1) is 22.7 Å². The molecule has 40 heavy (non-hydrogen) atoms. The Kier molecular flexibility index (Phi) is 7.60. The number of nitrogens with zero attached hydrogens (tertiary/aromatic N) is 3. The van der Waals surface area contributed by atoms with Crippen molar-refractivity contribution in [2.24, 2.45) is 11.7 Å². The number of hydrogen-bond acceptors (Lipinski definition) is 7. The van der Waals surface area contributed by atoms with E-state index >= 15 is 0 Å². The summed E-state index contributed by atoms with van der Waals surface area (Å²) in [6, 6.07) is 15.5. The summed E-state index contributed by atoms with van der Waals surface area (Å²) in [6.07, 6.45) is 1.95. The maximum atomic E-state index is 14.3. The third-order valence-corrected chi connectivity index (χ3v) is 7.08. The van der Waals surface area contributed by atoms with E-state index in [1.165, 1.54) is 19.2 Å². The average molecular weight is 545 g/mol. The van der Waals surface area contributed by atoms with E-state index in [1.807, 2.05) is 23.1 Å². The number of ether oxygens (including phenoxy) is 2. The van der Waals surface area contributed by atoms with E-state index in [4.69, 9.17) is 15.2 Å². The zero-order valence-corrected chi connectivity index (χ0v) is 21.6. The molecule has 0 unspecified atom stereocenters. The van der Waals surface area contributed by atoms with Crippen LogP contribution in [0.1, 0.15) is 12.0 Å². The number of piperidine rings is 1. The lowest BCUT2D eigenvalue weighted by molar-refractivity contribution is -0.142. The quantitative estimate of drug-likeness (QED) is 0.314. The Morgan fingerprint density at radius 3 is 2.62 bits per heavy atom. The third-order valence-electron chi connectivity index (χ3n) is 7.08. The molecule has 3 aromatic carbocycles. The largest absolute Gasteiger partial charge is 0.481 e. The molecule has 1 aliphatic rings. The Bertz CT molecular complexity index is 1620. The molecule has 2 atom stereocenters. The molecule has 0 bridgehead atoms. The lowest BCUT2D eigenvalue weighted by atomic mass is 9.90. The van der Waals surface area contributed by atoms with Crippen LogP contribution < -0.4 is 15.4 Å². The molecule has 5 rings (SSSR count). The predicted octanol–water partition coefficient (Wildman–Crippen LogP) is 4.94. The first-order valence-corrected chi connectivity index (χ1v) is 12.6. The van der Waals surface area contributed by atoms with E-state index in [-0.39, 0.29) is 18.9 Å². The van der Waals surface area contributed by atoms with Gasteiger partial charge in [-0.2, -0.15) is 5.26 Å². The van der Waals surface area contributed by atoms with E-state index in [0.717, 1.165) is 6.07 Å². The van der Waals surface area contributed by atoms with Crippen molar-refractivity contribution in [1.82, 2.24) is 4.98 Å². The number of rotatable bonds is 7. The molecule has 204 valence electrons. The van der Waals surface area contributed by atoms with Crippen molar-refractivity contribution in [2.75, 3.05) is 31.9 Å². The maximum Gasteiger partial charge on any atom is 0.309 e. The summed E-state index contributed by atoms with van der Waals surface area (Å²) in [5, 5.41) is 20.1. The molecule has 0 saturated carbocycles. The van der Waals surface area contributed by atoms with E-state index in [0.29, 0.717) is 57.6 Å². The van der Waals surface area contributed by atoms with Gasteiger partial charge in [0.1, 0.15) is 23.5 Å². The molecule has 1 aliphatic heterocycles. The average Bonchev–Trinajstić information content (AvgIpc) is 2.94. The van der Waals surface area contributed by atoms with Crippen molar-refractivity contribution in [3.05, 3.63) is 78.0 Å². The van der Waals surface area contributed by atoms with Crippen LogP contribution in [-0.2, 0) is 9.53 Å². The second-order valence-corrected chi connectivity index (χ2v) is 9.60. The van der Waals surface area contributed by atoms with Crippen molar-refractivity contribution >= 4 is 22.6 Å². The minimum atomic E-state index is -1.01. The first-order valence-electron chi connectivity index (χ1n) is 12.6. The van der Waals surface area contributed by atoms with Gasteiger partial charge < -0.3 is 25.2 Å². The highest BCUT2D eigenvalue weighted by atomic mass is 19.1. The van der Waals surface area contributed by atoms with E-state index in [1.54, 1.807) is 24.4 Å². The number of methoxy groups -OCH3 is 1. The fourth-order valence-electron chi connectivity index (χ4n) is 5.17. The Hall–Kier alpha value is -4.59. The zero-order valence-electron chi connectivity index (χ0n) is 21.6. The molecule has 1 saturated heterocycles. The monoisotopic (exact) mass is 544 g/mol. The molecule has 1 fully saturated rings. The Balaban J connectivity index is 1.75. The molecular formula is C30H26F2N4O4. The van der Waals surface area contributed by atoms with E-state index < -0.39 is 29.6 Å². The van der Waals surface area contributed by atoms with Crippen LogP contribution in [0.4, 0.5) is 14.5 Å². The number of hydrogen-bond donors (Lipinski definition) is 2. The van der Waals surface area contributed by atoms with Crippen LogP contribution in [0, 0.1) is 28.9 Å². The van der Waals surface area contributed by atoms with Crippen LogP contribution in [-0.4, -0.2) is 49.1 Å². The lowest BCUT2D eigenvalue weighted by Gasteiger charge is -2.37. The number of aliphatic carboxylic acids is 1. The van der Waals surface area contributed by atoms with Crippen molar-refractivity contribution in [3.8, 4) is 34.1 Å². The molecule has 0 radical (unpaired) electrons. The standard InChI is InChI=1S/C30H26F2N4O4/c1-39-16-40-29-18(13-33)3-2-4-22(29)17-5-6-27-23(11-17)28(36-8-7-26(34)25(15-36)30(37)38)24(14-35-27)19-9-20(31)12-21(32)10-19/h2-6,9-12,14,25-26H,7-8,15-16,34H2,1H3,(H,37,38)/t25-,26-/m1/s1. The van der Waals surface area contributed by atoms with Gasteiger partial charge >= 0.3 is 5.97 Å². The molecule has 0 spiro atoms. The SMILES string of the molecule is COCOc1c(C#N)cccc1-c1ccc2ncc(-c3cc(F)cc(F)c3)c(N3CC[C@@H](N)[C@H](C(=O)O)C3)c2c1. The molecule has 2 heterocycles. The summed E-state index contributed by atoms with van der Waals surface area (Å²) in [5.74, 6) is -2.99. The minimum Gasteiger partial charge on any atom is -0.481 e. The van der Waals surface area contributed by atoms with Gasteiger partial charge in [0.2, 0.25) is 0 Å². The van der Waals surface area contributed by atoms with Gasteiger partial charge in [-0.15, -0.1) is 0 Å². The van der Waals surface area contributed by atoms with E-state index in [9.17, 15) is 23.9 Å². The van der Waals surface area contributed by atoms with Gasteiger partial charge in [0.25, 0.3) is 0 Å². The van der Waals surface area contributed by atoms with E-state index in [2.05, 4.69) is 11.1 Å². The number of nitrogens with two attached hydrogens (primary N) is 1. The number of carboxylic acids is 1. The van der Waals surface area contributed by atoms with Crippen LogP contribution in [0.5, 0.6) is 5.75 Å². The summed E-state index contributed by atoms with van der Waals surface area (Å²) >= 11 is 0. The van der Waals surface area contributed by atoms with Gasteiger partial charge in [-0.3, -0.25) is 9.78 Å². The van der Waals surface area contributed by atoms with Gasteiger partial charge in [-0.1, -0.05) is 18.2 Å². The number of fused-ring (bicyclic) bond motifs is 1. The number of carboxylic acid groups (broad SMARTS) is 1. The number of halogens is 2. The first-order chi connectivity index (χ1) is 19.3. The second kappa shape index (κ2) is 11.3. The summed E-state index contributed by atoms with van der Waals surface area (Å²) in [6.45, 7) is 0.480. The summed E-state index contributed by atoms with van der Waals surface area (Å²) in [4.78, 5) is 18.5. The van der Waals surface area contributed by atoms with Crippen LogP contribution in [0.15, 0.2) is 60.8 Å². The number of anilines is 1. The molecule has 0 amide bonds. The molecule has 0 aliphatic carbocycles. The van der Waals surface area contributed by atoms with Gasteiger partial charge in [0, 0.05) is 55.0 Å². The summed E-state index contributed by atoms with van der Waals surface area (Å²) in [5.41, 5.74) is 9.69. The topological polar surface area (TPSA) is 122 Å². The third kappa shape index (κ3) is 5.17. The number of pyridine rings is 1. The maximum absolute atomic E-state index is 14.3. The first kappa shape index (κ1) is 27.0. The smallest absolute Gasteiger partial charge is 0.309 e. The second-order valence-electron chi connectivity index (χ2n) is 9.60. The Morgan fingerprint density at radius 2 is 1.93 bits per heavy atom. The normalized spacial score (nSPS) is 17.0. The number of benzene rings is 3. The van der Waals surface area contributed by atoms with Gasteiger partial charge in [-0.25, -0.2) is 8.78 Å². The minimum absolute atomic E-state index is 0.0635. The number of para-hydroxylation sites is 1. The molecule has 4 aromatic rings. The molecular weight excluding hydrogens is 518 g/mol. The fraction of sp³-hybridized carbons (Fsp3) is 0.233. The van der Waals surface area contributed by atoms with Crippen molar-refractivity contribution in [3.63, 3.8) is 0 Å². The van der Waals surface area contributed by atoms with Crippen LogP contribution in [0.25, 0.3) is 33.2 Å². The van der Waals surface area contributed by atoms with Crippen LogP contribution in [0.2, 0.25) is 0 Å². The number of nitriles is 1. The Labute approximate surface area is 229 Å². The molecule has 10 heteroatoms. The van der Waals surface area contributed by atoms with Crippen molar-refractivity contribution in [1.29, 1.82) is 5.26 Å². The van der Waals surface area contributed by atoms with Crippen molar-refractivity contribution in [2.45, 2.75) is 12.5 Å². The lowest BCUT2D eigenvalue weighted by Crippen LogP contribution is -2.50. The zero-order chi connectivity index (χ0) is 28.4. The van der Waals surface area contributed by atoms with Crippen LogP contribution in [0.3, 0.4) is 0 Å². The number of carbonyl (C=O) groups is 1. The molecule has 1 aromatic heterocycles. The highest BCUT2D eigenvalue weighted by molar-refractivity contribution is 6.02. The summed E-state index contributed by atoms with van der Waals surface area (Å²) < 4.78 is 39.4. The number of aromatic nitrogens is 1. The Morgan fingerprint density at radius 1 is 1.15 bits per heavy atom.